The Balaban J connectivity index is 2.07. The molecule has 1 fully saturated rings. The normalized spacial score (nSPS) is 16.3. The van der Waals surface area contributed by atoms with Crippen LogP contribution >= 0.6 is 23.6 Å². The minimum atomic E-state index is 0.530. The predicted octanol–water partition coefficient (Wildman–Crippen LogP) is 1.85. The van der Waals surface area contributed by atoms with Crippen molar-refractivity contribution in [3.63, 3.8) is 0 Å². The Bertz CT molecular complexity index is 302. The van der Waals surface area contributed by atoms with Crippen LogP contribution in [0.25, 0.3) is 0 Å². The van der Waals surface area contributed by atoms with Gasteiger partial charge in [-0.25, -0.2) is 4.98 Å². The monoisotopic (exact) mass is 198 g/mol. The number of rotatable bonds is 3. The molecule has 1 aliphatic rings. The lowest BCUT2D eigenvalue weighted by Gasteiger charge is -1.91. The Kier molecular flexibility index (Phi) is 2.11. The van der Waals surface area contributed by atoms with Gasteiger partial charge in [-0.05, 0) is 12.8 Å². The zero-order chi connectivity index (χ0) is 8.55. The Hall–Kier alpha value is -0.480. The van der Waals surface area contributed by atoms with Gasteiger partial charge < -0.3 is 5.73 Å². The summed E-state index contributed by atoms with van der Waals surface area (Å²) in [6.45, 7) is 0. The highest BCUT2D eigenvalue weighted by Gasteiger charge is 2.26. The van der Waals surface area contributed by atoms with Crippen molar-refractivity contribution in [2.24, 2.45) is 5.73 Å². The summed E-state index contributed by atoms with van der Waals surface area (Å²) in [5.41, 5.74) is 6.46. The first-order valence-corrected chi connectivity index (χ1v) is 5.27. The Morgan fingerprint density at radius 1 is 1.75 bits per heavy atom. The fourth-order valence-corrected chi connectivity index (χ4v) is 2.24. The quantitative estimate of drug-likeness (QED) is 0.753. The number of aromatic nitrogens is 1. The third kappa shape index (κ3) is 1.81. The average Bonchev–Trinajstić information content (AvgIpc) is 2.73. The molecule has 0 spiro atoms. The van der Waals surface area contributed by atoms with Gasteiger partial charge in [-0.15, -0.1) is 11.3 Å². The van der Waals surface area contributed by atoms with Gasteiger partial charge in [0.15, 0.2) is 0 Å². The molecule has 2 rings (SSSR count). The molecule has 1 aliphatic carbocycles. The molecule has 2 nitrogen and oxygen atoms in total. The molecular formula is C8H10N2S2. The average molecular weight is 198 g/mol. The van der Waals surface area contributed by atoms with Crippen LogP contribution in [0.5, 0.6) is 0 Å². The van der Waals surface area contributed by atoms with E-state index in [1.54, 1.807) is 11.3 Å². The first-order chi connectivity index (χ1) is 5.75. The van der Waals surface area contributed by atoms with Gasteiger partial charge in [0.25, 0.3) is 0 Å². The van der Waals surface area contributed by atoms with Gasteiger partial charge in [-0.3, -0.25) is 0 Å². The minimum Gasteiger partial charge on any atom is -0.393 e. The van der Waals surface area contributed by atoms with E-state index in [9.17, 15) is 0 Å². The molecule has 0 amide bonds. The fraction of sp³-hybridized carbons (Fsp3) is 0.500. The van der Waals surface area contributed by atoms with Crippen LogP contribution in [0.3, 0.4) is 0 Å². The summed E-state index contributed by atoms with van der Waals surface area (Å²) >= 11 is 6.55. The van der Waals surface area contributed by atoms with Gasteiger partial charge in [0, 0.05) is 17.7 Å². The van der Waals surface area contributed by atoms with Crippen molar-refractivity contribution in [3.8, 4) is 0 Å². The second-order valence-electron chi connectivity index (χ2n) is 3.09. The van der Waals surface area contributed by atoms with Crippen molar-refractivity contribution >= 4 is 28.5 Å². The van der Waals surface area contributed by atoms with Gasteiger partial charge in [0.1, 0.15) is 0 Å². The van der Waals surface area contributed by atoms with Gasteiger partial charge in [0.2, 0.25) is 0 Å². The lowest BCUT2D eigenvalue weighted by atomic mass is 10.3. The van der Waals surface area contributed by atoms with Crippen LogP contribution in [0.2, 0.25) is 0 Å². The first kappa shape index (κ1) is 8.13. The smallest absolute Gasteiger partial charge is 0.0959 e. The van der Waals surface area contributed by atoms with Gasteiger partial charge >= 0.3 is 0 Å². The number of thiocarbonyl (C=S) groups is 1. The zero-order valence-corrected chi connectivity index (χ0v) is 8.25. The van der Waals surface area contributed by atoms with E-state index in [1.165, 1.54) is 17.8 Å². The summed E-state index contributed by atoms with van der Waals surface area (Å²) in [5.74, 6) is 0.745. The fourth-order valence-electron chi connectivity index (χ4n) is 1.10. The second-order valence-corrected chi connectivity index (χ2v) is 4.51. The highest BCUT2D eigenvalue weighted by atomic mass is 32.1. The number of hydrogen-bond acceptors (Lipinski definition) is 3. The maximum atomic E-state index is 5.42. The molecule has 1 aromatic rings. The van der Waals surface area contributed by atoms with Crippen LogP contribution < -0.4 is 5.73 Å². The third-order valence-corrected chi connectivity index (χ3v) is 3.05. The molecule has 12 heavy (non-hydrogen) atoms. The van der Waals surface area contributed by atoms with E-state index in [0.29, 0.717) is 11.4 Å². The van der Waals surface area contributed by atoms with E-state index in [2.05, 4.69) is 10.4 Å². The third-order valence-electron chi connectivity index (χ3n) is 1.85. The molecule has 64 valence electrons. The van der Waals surface area contributed by atoms with Gasteiger partial charge in [0.05, 0.1) is 15.7 Å². The Morgan fingerprint density at radius 3 is 3.08 bits per heavy atom. The molecule has 0 radical (unpaired) electrons. The SMILES string of the molecule is NC(=S)Cc1csc(C2CC2)n1. The molecule has 0 bridgehead atoms. The predicted molar refractivity (Wildman–Crippen MR) is 54.6 cm³/mol. The van der Waals surface area contributed by atoms with Crippen molar-refractivity contribution in [1.82, 2.24) is 4.98 Å². The molecule has 0 atom stereocenters. The van der Waals surface area contributed by atoms with Crippen LogP contribution in [0.1, 0.15) is 29.5 Å². The first-order valence-electron chi connectivity index (χ1n) is 3.98. The van der Waals surface area contributed by atoms with Crippen LogP contribution in [0.15, 0.2) is 5.38 Å². The van der Waals surface area contributed by atoms with Crippen molar-refractivity contribution < 1.29 is 0 Å². The van der Waals surface area contributed by atoms with Crippen molar-refractivity contribution in [1.29, 1.82) is 0 Å². The highest BCUT2D eigenvalue weighted by molar-refractivity contribution is 7.80. The lowest BCUT2D eigenvalue weighted by Crippen LogP contribution is -2.11. The van der Waals surface area contributed by atoms with E-state index < -0.39 is 0 Å². The molecule has 1 heterocycles. The summed E-state index contributed by atoms with van der Waals surface area (Å²) in [5, 5.41) is 3.33. The summed E-state index contributed by atoms with van der Waals surface area (Å²) in [4.78, 5) is 4.99. The Morgan fingerprint density at radius 2 is 2.50 bits per heavy atom. The molecule has 0 aliphatic heterocycles. The summed E-state index contributed by atoms with van der Waals surface area (Å²) < 4.78 is 0. The summed E-state index contributed by atoms with van der Waals surface area (Å²) in [7, 11) is 0. The van der Waals surface area contributed by atoms with E-state index in [0.717, 1.165) is 11.6 Å². The second kappa shape index (κ2) is 3.11. The zero-order valence-electron chi connectivity index (χ0n) is 6.62. The number of nitrogens with zero attached hydrogens (tertiary/aromatic N) is 1. The van der Waals surface area contributed by atoms with E-state index in [1.807, 2.05) is 0 Å². The van der Waals surface area contributed by atoms with E-state index >= 15 is 0 Å². The Labute approximate surface area is 80.8 Å². The molecular weight excluding hydrogens is 188 g/mol. The molecule has 0 aromatic carbocycles. The molecule has 0 unspecified atom stereocenters. The molecule has 4 heteroatoms. The van der Waals surface area contributed by atoms with E-state index in [4.69, 9.17) is 18.0 Å². The van der Waals surface area contributed by atoms with Crippen LogP contribution in [0, 0.1) is 0 Å². The van der Waals surface area contributed by atoms with E-state index in [-0.39, 0.29) is 0 Å². The maximum absolute atomic E-state index is 5.42. The number of thiazole rings is 1. The van der Waals surface area contributed by atoms with Crippen molar-refractivity contribution in [2.75, 3.05) is 0 Å². The minimum absolute atomic E-state index is 0.530. The van der Waals surface area contributed by atoms with Crippen LogP contribution in [0.4, 0.5) is 0 Å². The van der Waals surface area contributed by atoms with Crippen LogP contribution in [-0.2, 0) is 6.42 Å². The molecule has 1 saturated carbocycles. The van der Waals surface area contributed by atoms with Gasteiger partial charge in [-0.1, -0.05) is 12.2 Å². The topological polar surface area (TPSA) is 38.9 Å². The van der Waals surface area contributed by atoms with Crippen molar-refractivity contribution in [2.45, 2.75) is 25.2 Å². The standard InChI is InChI=1S/C8H10N2S2/c9-7(11)3-6-4-12-8(10-6)5-1-2-5/h4-5H,1-3H2,(H2,9,11). The molecule has 1 aromatic heterocycles. The summed E-state index contributed by atoms with van der Waals surface area (Å²) in [6.07, 6.45) is 3.26. The number of nitrogens with two attached hydrogens (primary N) is 1. The van der Waals surface area contributed by atoms with Crippen LogP contribution in [-0.4, -0.2) is 9.97 Å². The van der Waals surface area contributed by atoms with Gasteiger partial charge in [-0.2, -0.15) is 0 Å². The largest absolute Gasteiger partial charge is 0.393 e. The highest BCUT2D eigenvalue weighted by Crippen LogP contribution is 2.41. The number of hydrogen-bond donors (Lipinski definition) is 1. The molecule has 0 saturated heterocycles. The summed E-state index contributed by atoms with van der Waals surface area (Å²) in [6, 6.07) is 0. The maximum Gasteiger partial charge on any atom is 0.0959 e. The molecule has 2 N–H and O–H groups in total. The lowest BCUT2D eigenvalue weighted by molar-refractivity contribution is 1.04. The van der Waals surface area contributed by atoms with Crippen molar-refractivity contribution in [3.05, 3.63) is 16.1 Å².